The number of nitrogens with zero attached hydrogens (tertiary/aromatic N) is 2. The minimum atomic E-state index is -0.389. The van der Waals surface area contributed by atoms with Crippen molar-refractivity contribution in [2.75, 3.05) is 9.80 Å². The van der Waals surface area contributed by atoms with Crippen LogP contribution in [0.1, 0.15) is 130 Å². The van der Waals surface area contributed by atoms with E-state index >= 15 is 0 Å². The average Bonchev–Trinajstić information content (AvgIpc) is 3.59. The summed E-state index contributed by atoms with van der Waals surface area (Å²) in [7, 11) is 0. The number of hydrogen-bond acceptors (Lipinski definition) is 3. The van der Waals surface area contributed by atoms with Crippen LogP contribution >= 0.6 is 0 Å². The summed E-state index contributed by atoms with van der Waals surface area (Å²) in [4.78, 5) is 4.99. The van der Waals surface area contributed by atoms with Crippen LogP contribution in [0.15, 0.2) is 132 Å². The van der Waals surface area contributed by atoms with Crippen LogP contribution in [0.25, 0.3) is 11.0 Å². The summed E-state index contributed by atoms with van der Waals surface area (Å²) in [5, 5.41) is 1.22. The number of anilines is 6. The Bertz CT molecular complexity index is 2740. The van der Waals surface area contributed by atoms with E-state index in [0.717, 1.165) is 34.0 Å². The van der Waals surface area contributed by atoms with Crippen molar-refractivity contribution in [1.29, 1.82) is 0 Å². The first-order chi connectivity index (χ1) is 28.5. The van der Waals surface area contributed by atoms with Crippen molar-refractivity contribution in [3.63, 3.8) is 0 Å². The summed E-state index contributed by atoms with van der Waals surface area (Å²) >= 11 is 0. The lowest BCUT2D eigenvalue weighted by atomic mass is 9.32. The summed E-state index contributed by atoms with van der Waals surface area (Å²) in [6.45, 7) is 32.3. The highest BCUT2D eigenvalue weighted by Gasteiger charge is 2.50. The standard InChI is InChI=1S/C57H63BN2O/c1-53(2,3)36-19-26-40(27-20-36)59(41-28-21-37(22-29-41)54(4,5)6)43-34-45-51-48(35-43)60(42-30-23-38(24-31-42)55(7,8)9)47-18-16-15-17-46(47)58(51)52-50(57(45,13)14)44-33-39(56(10,11)12)25-32-49(44)61-52/h15-35H,1-14H3. The number of hydrogen-bond donors (Lipinski definition) is 0. The highest BCUT2D eigenvalue weighted by Crippen LogP contribution is 2.49. The van der Waals surface area contributed by atoms with Crippen molar-refractivity contribution < 1.29 is 4.42 Å². The van der Waals surface area contributed by atoms with Crippen LogP contribution in [0.2, 0.25) is 0 Å². The molecule has 0 radical (unpaired) electrons. The van der Waals surface area contributed by atoms with Crippen LogP contribution in [0.4, 0.5) is 34.1 Å². The predicted molar refractivity (Wildman–Crippen MR) is 264 cm³/mol. The van der Waals surface area contributed by atoms with Gasteiger partial charge in [-0.25, -0.2) is 0 Å². The van der Waals surface area contributed by atoms with Crippen molar-refractivity contribution in [1.82, 2.24) is 0 Å². The van der Waals surface area contributed by atoms with E-state index in [9.17, 15) is 0 Å². The van der Waals surface area contributed by atoms with Crippen LogP contribution in [-0.4, -0.2) is 6.71 Å². The number of fused-ring (bicyclic) bond motifs is 6. The Morgan fingerprint density at radius 3 is 1.52 bits per heavy atom. The van der Waals surface area contributed by atoms with E-state index in [-0.39, 0.29) is 33.8 Å². The molecule has 3 heterocycles. The first-order valence-electron chi connectivity index (χ1n) is 22.3. The van der Waals surface area contributed by atoms with Gasteiger partial charge in [0.25, 0.3) is 6.71 Å². The highest BCUT2D eigenvalue weighted by molar-refractivity contribution is 6.98. The van der Waals surface area contributed by atoms with E-state index in [1.54, 1.807) is 0 Å². The molecule has 0 bridgehead atoms. The lowest BCUT2D eigenvalue weighted by molar-refractivity contribution is 0.590. The second-order valence-electron chi connectivity index (χ2n) is 22.4. The molecule has 4 heteroatoms. The van der Waals surface area contributed by atoms with Crippen LogP contribution in [0.3, 0.4) is 0 Å². The number of para-hydroxylation sites is 1. The third kappa shape index (κ3) is 6.82. The van der Waals surface area contributed by atoms with E-state index in [2.05, 4.69) is 234 Å². The number of benzene rings is 6. The molecule has 310 valence electrons. The van der Waals surface area contributed by atoms with Gasteiger partial charge in [-0.2, -0.15) is 0 Å². The van der Waals surface area contributed by atoms with Gasteiger partial charge in [0.15, 0.2) is 0 Å². The summed E-state index contributed by atoms with van der Waals surface area (Å²) in [5.74, 6) is 0. The lowest BCUT2D eigenvalue weighted by Gasteiger charge is -2.44. The molecule has 7 aromatic rings. The molecular weight excluding hydrogens is 739 g/mol. The van der Waals surface area contributed by atoms with Crippen LogP contribution in [0, 0.1) is 0 Å². The van der Waals surface area contributed by atoms with E-state index in [4.69, 9.17) is 4.42 Å². The number of furan rings is 1. The van der Waals surface area contributed by atoms with Gasteiger partial charge in [-0.1, -0.05) is 158 Å². The molecule has 0 amide bonds. The van der Waals surface area contributed by atoms with Crippen LogP contribution < -0.4 is 26.4 Å². The minimum absolute atomic E-state index is 0.00144. The molecule has 2 aliphatic heterocycles. The first kappa shape index (κ1) is 40.9. The third-order valence-electron chi connectivity index (χ3n) is 13.5. The van der Waals surface area contributed by atoms with Gasteiger partial charge < -0.3 is 14.2 Å². The van der Waals surface area contributed by atoms with Gasteiger partial charge in [0.05, 0.1) is 5.66 Å². The number of rotatable bonds is 4. The highest BCUT2D eigenvalue weighted by atomic mass is 16.3. The fourth-order valence-electron chi connectivity index (χ4n) is 9.87. The zero-order valence-electron chi connectivity index (χ0n) is 39.0. The monoisotopic (exact) mass is 803 g/mol. The summed E-state index contributed by atoms with van der Waals surface area (Å²) in [5.41, 5.74) is 19.2. The topological polar surface area (TPSA) is 19.6 Å². The third-order valence-corrected chi connectivity index (χ3v) is 13.5. The van der Waals surface area contributed by atoms with Gasteiger partial charge in [-0.15, -0.1) is 0 Å². The maximum atomic E-state index is 7.16. The van der Waals surface area contributed by atoms with E-state index in [1.165, 1.54) is 61.1 Å². The van der Waals surface area contributed by atoms with E-state index in [0.29, 0.717) is 0 Å². The van der Waals surface area contributed by atoms with Crippen molar-refractivity contribution >= 4 is 68.4 Å². The normalized spacial score (nSPS) is 14.8. The van der Waals surface area contributed by atoms with Crippen molar-refractivity contribution in [2.24, 2.45) is 0 Å². The molecule has 0 saturated carbocycles. The Kier molecular flexibility index (Phi) is 9.23. The molecule has 0 N–H and O–H groups in total. The maximum absolute atomic E-state index is 7.16. The first-order valence-corrected chi connectivity index (χ1v) is 22.3. The smallest absolute Gasteiger partial charge is 0.292 e. The van der Waals surface area contributed by atoms with Gasteiger partial charge in [-0.05, 0) is 127 Å². The van der Waals surface area contributed by atoms with Crippen molar-refractivity contribution in [2.45, 2.75) is 124 Å². The molecule has 0 spiro atoms. The van der Waals surface area contributed by atoms with Gasteiger partial charge in [0.1, 0.15) is 5.58 Å². The molecule has 9 rings (SSSR count). The van der Waals surface area contributed by atoms with Gasteiger partial charge in [0, 0.05) is 50.5 Å². The fraction of sp³-hybridized carbons (Fsp3) is 0.333. The molecular formula is C57H63BN2O. The fourth-order valence-corrected chi connectivity index (χ4v) is 9.87. The summed E-state index contributed by atoms with van der Waals surface area (Å²) < 4.78 is 7.16. The summed E-state index contributed by atoms with van der Waals surface area (Å²) in [6, 6.07) is 48.6. The molecule has 0 aliphatic carbocycles. The summed E-state index contributed by atoms with van der Waals surface area (Å²) in [6.07, 6.45) is 0. The Balaban J connectivity index is 1.37. The van der Waals surface area contributed by atoms with Crippen molar-refractivity contribution in [3.8, 4) is 0 Å². The molecule has 6 aromatic carbocycles. The molecule has 0 atom stereocenters. The van der Waals surface area contributed by atoms with Gasteiger partial charge >= 0.3 is 0 Å². The Morgan fingerprint density at radius 2 is 1.00 bits per heavy atom. The Hall–Kier alpha value is -5.48. The van der Waals surface area contributed by atoms with E-state index in [1.807, 2.05) is 0 Å². The second kappa shape index (κ2) is 13.8. The van der Waals surface area contributed by atoms with Crippen molar-refractivity contribution in [3.05, 3.63) is 161 Å². The minimum Gasteiger partial charge on any atom is -0.470 e. The lowest BCUT2D eigenvalue weighted by Crippen LogP contribution is -2.63. The largest absolute Gasteiger partial charge is 0.470 e. The zero-order chi connectivity index (χ0) is 43.6. The molecule has 1 aromatic heterocycles. The van der Waals surface area contributed by atoms with Crippen LogP contribution in [-0.2, 0) is 27.1 Å². The molecule has 2 aliphatic rings. The predicted octanol–water partition coefficient (Wildman–Crippen LogP) is 14.0. The molecule has 0 fully saturated rings. The van der Waals surface area contributed by atoms with Gasteiger partial charge in [0.2, 0.25) is 0 Å². The molecule has 0 saturated heterocycles. The quantitative estimate of drug-likeness (QED) is 0.165. The molecule has 3 nitrogen and oxygen atoms in total. The zero-order valence-corrected chi connectivity index (χ0v) is 39.0. The maximum Gasteiger partial charge on any atom is 0.292 e. The van der Waals surface area contributed by atoms with Crippen LogP contribution in [0.5, 0.6) is 0 Å². The molecule has 0 unspecified atom stereocenters. The Labute approximate surface area is 365 Å². The average molecular weight is 803 g/mol. The molecule has 61 heavy (non-hydrogen) atoms. The SMILES string of the molecule is CC(C)(C)c1ccc(N(c2ccc(C(C)(C)C)cc2)c2cc3c4c(c2)C(C)(C)c2c(oc5ccc(C(C)(C)C)cc25)B4c2ccccc2N3c2ccc(C(C)(C)C)cc2)cc1. The van der Waals surface area contributed by atoms with Gasteiger partial charge in [-0.3, -0.25) is 0 Å². The van der Waals surface area contributed by atoms with E-state index < -0.39 is 0 Å². The Morgan fingerprint density at radius 1 is 0.508 bits per heavy atom. The second-order valence-corrected chi connectivity index (χ2v) is 22.4.